The van der Waals surface area contributed by atoms with Crippen LogP contribution in [-0.2, 0) is 0 Å². The van der Waals surface area contributed by atoms with Crippen LogP contribution in [0.1, 0.15) is 34.6 Å². The summed E-state index contributed by atoms with van der Waals surface area (Å²) in [4.78, 5) is 0. The first-order valence-corrected chi connectivity index (χ1v) is 4.03. The second-order valence-electron chi connectivity index (χ2n) is 3.38. The molecule has 0 saturated heterocycles. The molecule has 2 N–H and O–H groups in total. The summed E-state index contributed by atoms with van der Waals surface area (Å²) in [7, 11) is 0. The Morgan fingerprint density at radius 2 is 1.64 bits per heavy atom. The summed E-state index contributed by atoms with van der Waals surface area (Å²) in [5.74, 6) is 0. The number of hydrogen-bond acceptors (Lipinski definition) is 1. The first-order valence-electron chi connectivity index (χ1n) is 4.03. The largest absolute Gasteiger partial charge is 0.324 e. The van der Waals surface area contributed by atoms with Gasteiger partial charge in [0.05, 0.1) is 0 Å². The normalized spacial score (nSPS) is 15.5. The molecule has 0 fully saturated rings. The van der Waals surface area contributed by atoms with Gasteiger partial charge in [-0.2, -0.15) is 0 Å². The average molecular weight is 153 g/mol. The van der Waals surface area contributed by atoms with E-state index in [0.717, 1.165) is 0 Å². The van der Waals surface area contributed by atoms with Crippen LogP contribution in [0.25, 0.3) is 0 Å². The van der Waals surface area contributed by atoms with Crippen LogP contribution in [0.2, 0.25) is 0 Å². The van der Waals surface area contributed by atoms with Crippen molar-refractivity contribution in [3.63, 3.8) is 0 Å². The van der Waals surface area contributed by atoms with Crippen molar-refractivity contribution in [1.29, 1.82) is 0 Å². The molecular formula is C10H19N. The van der Waals surface area contributed by atoms with Crippen LogP contribution in [0, 0.1) is 0 Å². The highest BCUT2D eigenvalue weighted by atomic mass is 14.6. The van der Waals surface area contributed by atoms with Crippen molar-refractivity contribution in [1.82, 2.24) is 0 Å². The maximum Gasteiger partial charge on any atom is 0.0227 e. The van der Waals surface area contributed by atoms with Crippen molar-refractivity contribution >= 4 is 0 Å². The molecule has 11 heavy (non-hydrogen) atoms. The molecule has 0 amide bonds. The first-order chi connectivity index (χ1) is 4.95. The molecule has 0 aromatic rings. The zero-order valence-electron chi connectivity index (χ0n) is 8.23. The summed E-state index contributed by atoms with van der Waals surface area (Å²) < 4.78 is 0. The molecule has 0 radical (unpaired) electrons. The van der Waals surface area contributed by atoms with E-state index in [9.17, 15) is 0 Å². The Morgan fingerprint density at radius 3 is 1.91 bits per heavy atom. The molecule has 0 aliphatic heterocycles. The molecule has 0 bridgehead atoms. The van der Waals surface area contributed by atoms with Gasteiger partial charge in [0.25, 0.3) is 0 Å². The Bertz CT molecular complexity index is 181. The third kappa shape index (κ3) is 3.99. The van der Waals surface area contributed by atoms with Gasteiger partial charge in [-0.25, -0.2) is 0 Å². The second-order valence-corrected chi connectivity index (χ2v) is 3.38. The van der Waals surface area contributed by atoms with Gasteiger partial charge in [0.1, 0.15) is 0 Å². The molecule has 64 valence electrons. The molecule has 1 nitrogen and oxygen atoms in total. The highest BCUT2D eigenvalue weighted by molar-refractivity contribution is 5.27. The van der Waals surface area contributed by atoms with Gasteiger partial charge >= 0.3 is 0 Å². The lowest BCUT2D eigenvalue weighted by atomic mass is 10.0. The lowest BCUT2D eigenvalue weighted by Crippen LogP contribution is -2.16. The summed E-state index contributed by atoms with van der Waals surface area (Å²) >= 11 is 0. The lowest BCUT2D eigenvalue weighted by Gasteiger charge is -2.08. The van der Waals surface area contributed by atoms with E-state index in [1.807, 2.05) is 6.92 Å². The van der Waals surface area contributed by atoms with Gasteiger partial charge in [-0.1, -0.05) is 22.8 Å². The van der Waals surface area contributed by atoms with Gasteiger partial charge < -0.3 is 5.73 Å². The topological polar surface area (TPSA) is 26.0 Å². The van der Waals surface area contributed by atoms with Crippen molar-refractivity contribution in [2.75, 3.05) is 0 Å². The Morgan fingerprint density at radius 1 is 1.18 bits per heavy atom. The summed E-state index contributed by atoms with van der Waals surface area (Å²) in [5.41, 5.74) is 9.61. The fraction of sp³-hybridized carbons (Fsp3) is 0.600. The third-order valence-electron chi connectivity index (χ3n) is 1.81. The van der Waals surface area contributed by atoms with E-state index in [0.29, 0.717) is 0 Å². The quantitative estimate of drug-likeness (QED) is 0.606. The van der Waals surface area contributed by atoms with Gasteiger partial charge in [-0.15, -0.1) is 0 Å². The smallest absolute Gasteiger partial charge is 0.0227 e. The van der Waals surface area contributed by atoms with Crippen molar-refractivity contribution < 1.29 is 0 Å². The van der Waals surface area contributed by atoms with Gasteiger partial charge in [-0.05, 0) is 34.6 Å². The highest BCUT2D eigenvalue weighted by Crippen LogP contribution is 2.09. The molecule has 0 aliphatic rings. The van der Waals surface area contributed by atoms with E-state index < -0.39 is 0 Å². The van der Waals surface area contributed by atoms with Crippen molar-refractivity contribution in [2.45, 2.75) is 40.7 Å². The van der Waals surface area contributed by atoms with E-state index in [1.54, 1.807) is 0 Å². The van der Waals surface area contributed by atoms with Crippen LogP contribution in [-0.4, -0.2) is 6.04 Å². The molecule has 0 spiro atoms. The molecule has 0 aliphatic carbocycles. The molecule has 0 aromatic heterocycles. The van der Waals surface area contributed by atoms with Gasteiger partial charge in [0.15, 0.2) is 0 Å². The van der Waals surface area contributed by atoms with Crippen LogP contribution in [0.15, 0.2) is 22.8 Å². The Labute approximate surface area is 70.0 Å². The van der Waals surface area contributed by atoms with Crippen molar-refractivity contribution in [3.05, 3.63) is 22.8 Å². The van der Waals surface area contributed by atoms with E-state index in [1.165, 1.54) is 16.7 Å². The molecule has 1 atom stereocenters. The van der Waals surface area contributed by atoms with E-state index >= 15 is 0 Å². The fourth-order valence-corrected chi connectivity index (χ4v) is 0.906. The third-order valence-corrected chi connectivity index (χ3v) is 1.81. The fourth-order valence-electron chi connectivity index (χ4n) is 0.906. The molecule has 1 unspecified atom stereocenters. The zero-order chi connectivity index (χ0) is 9.02. The summed E-state index contributed by atoms with van der Waals surface area (Å²) in [6.45, 7) is 10.4. The summed E-state index contributed by atoms with van der Waals surface area (Å²) in [6.07, 6.45) is 2.17. The highest BCUT2D eigenvalue weighted by Gasteiger charge is 1.98. The average Bonchev–Trinajstić information content (AvgIpc) is 1.84. The standard InChI is InChI=1S/C10H19N/c1-7(2)6-8(3)9(4)10(5)11/h6,10H,11H2,1-5H3/b9-8-. The van der Waals surface area contributed by atoms with Gasteiger partial charge in [-0.3, -0.25) is 0 Å². The first kappa shape index (κ1) is 10.4. The van der Waals surface area contributed by atoms with Crippen LogP contribution in [0.3, 0.4) is 0 Å². The predicted octanol–water partition coefficient (Wildman–Crippen LogP) is 2.64. The lowest BCUT2D eigenvalue weighted by molar-refractivity contribution is 0.850. The van der Waals surface area contributed by atoms with E-state index in [2.05, 4.69) is 33.8 Å². The molecule has 1 heteroatoms. The second kappa shape index (κ2) is 4.35. The van der Waals surface area contributed by atoms with Crippen LogP contribution in [0.4, 0.5) is 0 Å². The van der Waals surface area contributed by atoms with Crippen LogP contribution >= 0.6 is 0 Å². The number of nitrogens with two attached hydrogens (primary N) is 1. The van der Waals surface area contributed by atoms with Crippen LogP contribution in [0.5, 0.6) is 0 Å². The Kier molecular flexibility index (Phi) is 4.12. The zero-order valence-corrected chi connectivity index (χ0v) is 8.23. The molecule has 0 aromatic carbocycles. The monoisotopic (exact) mass is 153 g/mol. The van der Waals surface area contributed by atoms with Crippen LogP contribution < -0.4 is 5.73 Å². The minimum absolute atomic E-state index is 0.172. The Balaban J connectivity index is 4.54. The summed E-state index contributed by atoms with van der Waals surface area (Å²) in [5, 5.41) is 0. The van der Waals surface area contributed by atoms with Crippen molar-refractivity contribution in [2.24, 2.45) is 5.73 Å². The SMILES string of the molecule is CC(C)=C/C(C)=C(/C)C(C)N. The van der Waals surface area contributed by atoms with E-state index in [-0.39, 0.29) is 6.04 Å². The molecular weight excluding hydrogens is 134 g/mol. The summed E-state index contributed by atoms with van der Waals surface area (Å²) in [6, 6.07) is 0.172. The minimum atomic E-state index is 0.172. The number of allylic oxidation sites excluding steroid dienone is 3. The Hall–Kier alpha value is -0.560. The molecule has 0 saturated carbocycles. The van der Waals surface area contributed by atoms with Gasteiger partial charge in [0, 0.05) is 6.04 Å². The number of hydrogen-bond donors (Lipinski definition) is 1. The number of rotatable bonds is 2. The molecule has 0 heterocycles. The van der Waals surface area contributed by atoms with Crippen molar-refractivity contribution in [3.8, 4) is 0 Å². The molecule has 0 rings (SSSR count). The van der Waals surface area contributed by atoms with E-state index in [4.69, 9.17) is 5.73 Å². The minimum Gasteiger partial charge on any atom is -0.324 e. The maximum atomic E-state index is 5.73. The maximum absolute atomic E-state index is 5.73. The van der Waals surface area contributed by atoms with Gasteiger partial charge in [0.2, 0.25) is 0 Å². The predicted molar refractivity (Wildman–Crippen MR) is 51.5 cm³/mol.